The first-order valence-corrected chi connectivity index (χ1v) is 13.6. The fourth-order valence-corrected chi connectivity index (χ4v) is 5.62. The number of amides is 1. The van der Waals surface area contributed by atoms with E-state index in [4.69, 9.17) is 4.74 Å². The Kier molecular flexibility index (Phi) is 7.79. The summed E-state index contributed by atoms with van der Waals surface area (Å²) in [6, 6.07) is 5.38. The van der Waals surface area contributed by atoms with Crippen molar-refractivity contribution in [1.82, 2.24) is 29.1 Å². The second-order valence-corrected chi connectivity index (χ2v) is 11.6. The lowest BCUT2D eigenvalue weighted by molar-refractivity contribution is -0.00492. The van der Waals surface area contributed by atoms with E-state index in [1.807, 2.05) is 6.07 Å². The molecule has 0 spiro atoms. The van der Waals surface area contributed by atoms with Crippen LogP contribution < -0.4 is 10.6 Å². The van der Waals surface area contributed by atoms with E-state index in [0.29, 0.717) is 34.0 Å². The number of aromatic nitrogens is 4. The SMILES string of the molecule is CC(C)CCNC(=O)c1cnc(Nc2cccc(C3CN(S(=O)(=O)c4cn(C)cn4)CCO3)n2)s1. The molecule has 1 saturated heterocycles. The van der Waals surface area contributed by atoms with E-state index >= 15 is 0 Å². The van der Waals surface area contributed by atoms with E-state index in [0.717, 1.165) is 6.42 Å². The topological polar surface area (TPSA) is 131 Å². The highest BCUT2D eigenvalue weighted by Gasteiger charge is 2.33. The van der Waals surface area contributed by atoms with Crippen molar-refractivity contribution in [2.45, 2.75) is 31.4 Å². The van der Waals surface area contributed by atoms with Crippen molar-refractivity contribution in [3.63, 3.8) is 0 Å². The van der Waals surface area contributed by atoms with Crippen LogP contribution in [0.5, 0.6) is 0 Å². The Labute approximate surface area is 208 Å². The second-order valence-electron chi connectivity index (χ2n) is 8.64. The third kappa shape index (κ3) is 6.23. The Hall–Kier alpha value is -2.87. The van der Waals surface area contributed by atoms with Crippen molar-refractivity contribution in [2.24, 2.45) is 13.0 Å². The van der Waals surface area contributed by atoms with Crippen LogP contribution in [0.4, 0.5) is 10.9 Å². The molecule has 2 N–H and O–H groups in total. The van der Waals surface area contributed by atoms with Crippen LogP contribution in [0.2, 0.25) is 0 Å². The number of ether oxygens (including phenoxy) is 1. The maximum absolute atomic E-state index is 13.0. The van der Waals surface area contributed by atoms with E-state index in [9.17, 15) is 13.2 Å². The summed E-state index contributed by atoms with van der Waals surface area (Å²) in [6.45, 7) is 5.46. The highest BCUT2D eigenvalue weighted by Crippen LogP contribution is 2.27. The van der Waals surface area contributed by atoms with Crippen molar-refractivity contribution in [2.75, 3.05) is 31.6 Å². The lowest BCUT2D eigenvalue weighted by Crippen LogP contribution is -2.42. The van der Waals surface area contributed by atoms with E-state index < -0.39 is 16.1 Å². The molecule has 1 fully saturated rings. The highest BCUT2D eigenvalue weighted by atomic mass is 32.2. The Morgan fingerprint density at radius 3 is 2.89 bits per heavy atom. The van der Waals surface area contributed by atoms with Gasteiger partial charge in [-0.15, -0.1) is 0 Å². The van der Waals surface area contributed by atoms with Gasteiger partial charge in [-0.25, -0.2) is 23.4 Å². The minimum atomic E-state index is -3.73. The van der Waals surface area contributed by atoms with Gasteiger partial charge < -0.3 is 19.9 Å². The summed E-state index contributed by atoms with van der Waals surface area (Å²) in [7, 11) is -2.00. The molecule has 0 radical (unpaired) electrons. The molecule has 1 atom stereocenters. The molecule has 1 aliphatic rings. The molecule has 0 saturated carbocycles. The van der Waals surface area contributed by atoms with Crippen LogP contribution in [0.3, 0.4) is 0 Å². The van der Waals surface area contributed by atoms with Gasteiger partial charge in [0.25, 0.3) is 15.9 Å². The molecule has 4 heterocycles. The molecule has 1 unspecified atom stereocenters. The lowest BCUT2D eigenvalue weighted by atomic mass is 10.1. The first kappa shape index (κ1) is 25.2. The molecular weight excluding hydrogens is 490 g/mol. The van der Waals surface area contributed by atoms with Crippen LogP contribution in [0.25, 0.3) is 0 Å². The fraction of sp³-hybridized carbons (Fsp3) is 0.455. The molecule has 1 amide bonds. The van der Waals surface area contributed by atoms with Gasteiger partial charge in [0, 0.05) is 32.9 Å². The predicted octanol–water partition coefficient (Wildman–Crippen LogP) is 2.55. The van der Waals surface area contributed by atoms with Gasteiger partial charge in [-0.05, 0) is 24.5 Å². The number of hydrogen-bond acceptors (Lipinski definition) is 9. The third-order valence-electron chi connectivity index (χ3n) is 5.39. The number of nitrogens with zero attached hydrogens (tertiary/aromatic N) is 5. The van der Waals surface area contributed by atoms with Crippen LogP contribution >= 0.6 is 11.3 Å². The second kappa shape index (κ2) is 10.8. The van der Waals surface area contributed by atoms with Gasteiger partial charge in [0.05, 0.1) is 24.8 Å². The van der Waals surface area contributed by atoms with Crippen LogP contribution in [0.1, 0.15) is 41.7 Å². The first-order valence-electron chi connectivity index (χ1n) is 11.3. The molecule has 35 heavy (non-hydrogen) atoms. The van der Waals surface area contributed by atoms with Gasteiger partial charge in [0.15, 0.2) is 10.2 Å². The number of carbonyl (C=O) groups excluding carboxylic acids is 1. The summed E-state index contributed by atoms with van der Waals surface area (Å²) in [6.07, 6.45) is 4.86. The quantitative estimate of drug-likeness (QED) is 0.441. The van der Waals surface area contributed by atoms with Gasteiger partial charge >= 0.3 is 0 Å². The minimum absolute atomic E-state index is 0.0110. The summed E-state index contributed by atoms with van der Waals surface area (Å²) < 4.78 is 34.7. The smallest absolute Gasteiger partial charge is 0.263 e. The number of morpholine rings is 1. The minimum Gasteiger partial charge on any atom is -0.369 e. The van der Waals surface area contributed by atoms with Crippen LogP contribution in [-0.2, 0) is 21.8 Å². The van der Waals surface area contributed by atoms with Crippen molar-refractivity contribution in [3.8, 4) is 0 Å². The van der Waals surface area contributed by atoms with E-state index in [1.54, 1.807) is 23.7 Å². The number of nitrogens with one attached hydrogen (secondary N) is 2. The molecule has 11 nitrogen and oxygen atoms in total. The Morgan fingerprint density at radius 2 is 2.14 bits per heavy atom. The van der Waals surface area contributed by atoms with Gasteiger partial charge in [0.2, 0.25) is 0 Å². The highest BCUT2D eigenvalue weighted by molar-refractivity contribution is 7.89. The number of imidazole rings is 1. The van der Waals surface area contributed by atoms with Crippen LogP contribution in [-0.4, -0.2) is 64.4 Å². The zero-order valence-corrected chi connectivity index (χ0v) is 21.5. The monoisotopic (exact) mass is 519 g/mol. The fourth-order valence-electron chi connectivity index (χ4n) is 3.49. The molecule has 0 bridgehead atoms. The number of carbonyl (C=O) groups is 1. The van der Waals surface area contributed by atoms with Gasteiger partial charge in [0.1, 0.15) is 16.8 Å². The van der Waals surface area contributed by atoms with Crippen molar-refractivity contribution >= 4 is 38.2 Å². The molecular formula is C22H29N7O4S2. The number of hydrogen-bond donors (Lipinski definition) is 2. The first-order chi connectivity index (χ1) is 16.7. The van der Waals surface area contributed by atoms with Gasteiger partial charge in [-0.3, -0.25) is 4.79 Å². The maximum Gasteiger partial charge on any atom is 0.263 e. The number of anilines is 2. The summed E-state index contributed by atoms with van der Waals surface area (Å²) >= 11 is 1.24. The average molecular weight is 520 g/mol. The van der Waals surface area contributed by atoms with Crippen LogP contribution in [0.15, 0.2) is 41.9 Å². The molecule has 188 valence electrons. The number of pyridine rings is 1. The molecule has 3 aromatic heterocycles. The zero-order chi connectivity index (χ0) is 25.0. The van der Waals surface area contributed by atoms with Gasteiger partial charge in [-0.2, -0.15) is 4.31 Å². The standard InChI is InChI=1S/C22H29N7O4S2/c1-15(2)7-8-23-21(30)18-11-24-22(34-18)27-19-6-4-5-16(26-19)17-12-29(9-10-33-17)35(31,32)20-13-28(3)14-25-20/h4-6,11,13-15,17H,7-10,12H2,1-3H3,(H,23,30)(H,24,26,27). The number of thiazole rings is 1. The molecule has 0 aromatic carbocycles. The normalized spacial score (nSPS) is 17.0. The Morgan fingerprint density at radius 1 is 1.31 bits per heavy atom. The maximum atomic E-state index is 13.0. The van der Waals surface area contributed by atoms with E-state index in [1.165, 1.54) is 34.4 Å². The van der Waals surface area contributed by atoms with E-state index in [2.05, 4.69) is 39.4 Å². The number of aryl methyl sites for hydroxylation is 1. The van der Waals surface area contributed by atoms with Crippen molar-refractivity contribution < 1.29 is 17.9 Å². The summed E-state index contributed by atoms with van der Waals surface area (Å²) in [5, 5.41) is 6.57. The zero-order valence-electron chi connectivity index (χ0n) is 19.8. The summed E-state index contributed by atoms with van der Waals surface area (Å²) in [4.78, 5) is 25.7. The molecule has 0 aliphatic carbocycles. The molecule has 1 aliphatic heterocycles. The Balaban J connectivity index is 1.41. The largest absolute Gasteiger partial charge is 0.369 e. The van der Waals surface area contributed by atoms with Gasteiger partial charge in [-0.1, -0.05) is 31.3 Å². The summed E-state index contributed by atoms with van der Waals surface area (Å²) in [5.74, 6) is 0.891. The molecule has 3 aromatic rings. The lowest BCUT2D eigenvalue weighted by Gasteiger charge is -2.31. The van der Waals surface area contributed by atoms with Crippen molar-refractivity contribution in [3.05, 3.63) is 47.5 Å². The number of rotatable bonds is 9. The number of sulfonamides is 1. The Bertz CT molecular complexity index is 1270. The molecule has 13 heteroatoms. The summed E-state index contributed by atoms with van der Waals surface area (Å²) in [5.41, 5.74) is 0.596. The predicted molar refractivity (Wildman–Crippen MR) is 132 cm³/mol. The van der Waals surface area contributed by atoms with Crippen LogP contribution in [0, 0.1) is 5.92 Å². The van der Waals surface area contributed by atoms with E-state index in [-0.39, 0.29) is 30.6 Å². The van der Waals surface area contributed by atoms with Crippen molar-refractivity contribution in [1.29, 1.82) is 0 Å². The third-order valence-corrected chi connectivity index (χ3v) is 8.05. The molecule has 4 rings (SSSR count). The average Bonchev–Trinajstić information content (AvgIpc) is 3.48.